The zero-order chi connectivity index (χ0) is 16.7. The van der Waals surface area contributed by atoms with E-state index in [1.54, 1.807) is 6.26 Å². The van der Waals surface area contributed by atoms with Gasteiger partial charge in [0.05, 0.1) is 0 Å². The van der Waals surface area contributed by atoms with Crippen molar-refractivity contribution >= 4 is 16.7 Å². The second-order valence-corrected chi connectivity index (χ2v) is 6.97. The first-order valence-electron chi connectivity index (χ1n) is 7.82. The van der Waals surface area contributed by atoms with Crippen LogP contribution in [0.25, 0.3) is 0 Å². The summed E-state index contributed by atoms with van der Waals surface area (Å²) in [5.74, 6) is 0.518. The van der Waals surface area contributed by atoms with Gasteiger partial charge in [-0.2, -0.15) is 0 Å². The Morgan fingerprint density at radius 3 is 2.39 bits per heavy atom. The molecule has 2 rings (SSSR count). The van der Waals surface area contributed by atoms with Crippen LogP contribution in [0.4, 0.5) is 0 Å². The van der Waals surface area contributed by atoms with Crippen LogP contribution in [-0.4, -0.2) is 34.4 Å². The van der Waals surface area contributed by atoms with Gasteiger partial charge in [0.2, 0.25) is 0 Å². The molecule has 0 spiro atoms. The van der Waals surface area contributed by atoms with Gasteiger partial charge >= 0.3 is 0 Å². The lowest BCUT2D eigenvalue weighted by atomic mass is 10.1. The number of benzene rings is 2. The fraction of sp³-hybridized carbons (Fsp3) is 0.316. The summed E-state index contributed by atoms with van der Waals surface area (Å²) in [5, 5.41) is 0. The molecule has 0 radical (unpaired) electrons. The van der Waals surface area contributed by atoms with E-state index in [1.165, 1.54) is 5.56 Å². The third-order valence-corrected chi connectivity index (χ3v) is 4.47. The Kier molecular flexibility index (Phi) is 6.53. The van der Waals surface area contributed by atoms with Gasteiger partial charge in [-0.05, 0) is 36.6 Å². The van der Waals surface area contributed by atoms with Crippen molar-refractivity contribution in [3.63, 3.8) is 0 Å². The summed E-state index contributed by atoms with van der Waals surface area (Å²) < 4.78 is 11.4. The molecule has 122 valence electrons. The molecule has 0 aliphatic rings. The molecular weight excluding hydrogens is 306 g/mol. The molecule has 0 aliphatic heterocycles. The zero-order valence-electron chi connectivity index (χ0n) is 13.7. The number of nitrogens with zero attached hydrogens (tertiary/aromatic N) is 1. The minimum atomic E-state index is -0.904. The predicted molar refractivity (Wildman–Crippen MR) is 95.9 cm³/mol. The number of hydrogen-bond acceptors (Lipinski definition) is 2. The molecule has 2 aromatic carbocycles. The zero-order valence-corrected chi connectivity index (χ0v) is 14.5. The summed E-state index contributed by atoms with van der Waals surface area (Å²) in [6.07, 6.45) is 2.52. The van der Waals surface area contributed by atoms with Crippen molar-refractivity contribution in [1.82, 2.24) is 4.90 Å². The lowest BCUT2D eigenvalue weighted by Crippen LogP contribution is -2.32. The van der Waals surface area contributed by atoms with Crippen LogP contribution in [0.1, 0.15) is 28.4 Å². The Labute approximate surface area is 140 Å². The molecule has 0 heterocycles. The van der Waals surface area contributed by atoms with Crippen molar-refractivity contribution in [2.45, 2.75) is 19.1 Å². The van der Waals surface area contributed by atoms with Gasteiger partial charge in [-0.1, -0.05) is 42.5 Å². The summed E-state index contributed by atoms with van der Waals surface area (Å²) in [6, 6.07) is 17.6. The number of hydrogen-bond donors (Lipinski definition) is 0. The minimum Gasteiger partial charge on any atom is -0.339 e. The van der Waals surface area contributed by atoms with E-state index in [0.29, 0.717) is 24.4 Å². The Bertz CT molecular complexity index is 670. The van der Waals surface area contributed by atoms with Gasteiger partial charge in [-0.15, -0.1) is 0 Å². The van der Waals surface area contributed by atoms with E-state index in [1.807, 2.05) is 54.3 Å². The highest BCUT2D eigenvalue weighted by Crippen LogP contribution is 2.11. The van der Waals surface area contributed by atoms with Crippen LogP contribution in [-0.2, 0) is 23.0 Å². The molecule has 1 unspecified atom stereocenters. The molecular formula is C19H23NO2S. The minimum absolute atomic E-state index is 0.0344. The summed E-state index contributed by atoms with van der Waals surface area (Å²) in [4.78, 5) is 14.5. The molecule has 0 aromatic heterocycles. The highest BCUT2D eigenvalue weighted by Gasteiger charge is 2.14. The average molecular weight is 329 g/mol. The Morgan fingerprint density at radius 2 is 1.74 bits per heavy atom. The van der Waals surface area contributed by atoms with Crippen molar-refractivity contribution in [3.8, 4) is 0 Å². The van der Waals surface area contributed by atoms with Gasteiger partial charge in [0.25, 0.3) is 5.91 Å². The topological polar surface area (TPSA) is 37.4 Å². The predicted octanol–water partition coefficient (Wildman–Crippen LogP) is 3.27. The van der Waals surface area contributed by atoms with Crippen molar-refractivity contribution in [2.75, 3.05) is 19.3 Å². The molecule has 2 aromatic rings. The number of likely N-dealkylation sites (N-methyl/N-ethyl adjacent to an activating group) is 1. The third kappa shape index (κ3) is 5.32. The van der Waals surface area contributed by atoms with Gasteiger partial charge in [0, 0.05) is 41.5 Å². The van der Waals surface area contributed by atoms with Crippen LogP contribution >= 0.6 is 0 Å². The van der Waals surface area contributed by atoms with E-state index in [-0.39, 0.29) is 5.91 Å². The van der Waals surface area contributed by atoms with Crippen LogP contribution < -0.4 is 0 Å². The largest absolute Gasteiger partial charge is 0.339 e. The van der Waals surface area contributed by atoms with Crippen molar-refractivity contribution in [3.05, 3.63) is 71.3 Å². The fourth-order valence-electron chi connectivity index (χ4n) is 2.52. The van der Waals surface area contributed by atoms with Crippen LogP contribution in [0.3, 0.4) is 0 Å². The van der Waals surface area contributed by atoms with Crippen LogP contribution in [0.15, 0.2) is 54.6 Å². The van der Waals surface area contributed by atoms with Crippen LogP contribution in [0.5, 0.6) is 0 Å². The van der Waals surface area contributed by atoms with Crippen molar-refractivity contribution in [2.24, 2.45) is 0 Å². The van der Waals surface area contributed by atoms with E-state index >= 15 is 0 Å². The Balaban J connectivity index is 2.05. The highest BCUT2D eigenvalue weighted by molar-refractivity contribution is 7.83. The first kappa shape index (κ1) is 17.4. The molecule has 0 bridgehead atoms. The van der Waals surface area contributed by atoms with Gasteiger partial charge in [0.1, 0.15) is 0 Å². The quantitative estimate of drug-likeness (QED) is 0.782. The highest BCUT2D eigenvalue weighted by atomic mass is 32.2. The van der Waals surface area contributed by atoms with E-state index in [0.717, 1.165) is 12.0 Å². The number of rotatable bonds is 7. The van der Waals surface area contributed by atoms with Gasteiger partial charge < -0.3 is 4.90 Å². The van der Waals surface area contributed by atoms with Gasteiger partial charge in [-0.25, -0.2) is 0 Å². The van der Waals surface area contributed by atoms with Crippen molar-refractivity contribution in [1.29, 1.82) is 0 Å². The summed E-state index contributed by atoms with van der Waals surface area (Å²) in [6.45, 7) is 3.37. The van der Waals surface area contributed by atoms with E-state index in [2.05, 4.69) is 12.1 Å². The maximum absolute atomic E-state index is 12.7. The normalized spacial score (nSPS) is 11.9. The van der Waals surface area contributed by atoms with Crippen LogP contribution in [0, 0.1) is 0 Å². The van der Waals surface area contributed by atoms with E-state index < -0.39 is 10.8 Å². The standard InChI is InChI=1S/C19H23NO2S/c1-3-20(13-12-16-8-5-4-6-9-16)19(21)18-11-7-10-17(14-18)15-23(2)22/h4-11,14H,3,12-13,15H2,1-2H3. The van der Waals surface area contributed by atoms with Crippen LogP contribution in [0.2, 0.25) is 0 Å². The third-order valence-electron chi connectivity index (χ3n) is 3.73. The molecule has 3 nitrogen and oxygen atoms in total. The lowest BCUT2D eigenvalue weighted by molar-refractivity contribution is 0.0766. The second-order valence-electron chi connectivity index (χ2n) is 5.54. The SMILES string of the molecule is CCN(CCc1ccccc1)C(=O)c1cccc(CS(C)=O)c1. The smallest absolute Gasteiger partial charge is 0.253 e. The summed E-state index contributed by atoms with van der Waals surface area (Å²) in [5.41, 5.74) is 2.84. The number of carbonyl (C=O) groups is 1. The molecule has 0 N–H and O–H groups in total. The maximum atomic E-state index is 12.7. The molecule has 23 heavy (non-hydrogen) atoms. The summed E-state index contributed by atoms with van der Waals surface area (Å²) >= 11 is 0. The van der Waals surface area contributed by atoms with Crippen molar-refractivity contribution < 1.29 is 9.00 Å². The first-order chi connectivity index (χ1) is 11.1. The molecule has 0 aliphatic carbocycles. The van der Waals surface area contributed by atoms with Gasteiger partial charge in [0.15, 0.2) is 0 Å². The molecule has 1 amide bonds. The molecule has 0 saturated heterocycles. The van der Waals surface area contributed by atoms with E-state index in [4.69, 9.17) is 0 Å². The Morgan fingerprint density at radius 1 is 1.04 bits per heavy atom. The molecule has 0 saturated carbocycles. The molecule has 0 fully saturated rings. The number of amides is 1. The lowest BCUT2D eigenvalue weighted by Gasteiger charge is -2.21. The monoisotopic (exact) mass is 329 g/mol. The van der Waals surface area contributed by atoms with Gasteiger partial charge in [-0.3, -0.25) is 9.00 Å². The maximum Gasteiger partial charge on any atom is 0.253 e. The number of carbonyl (C=O) groups excluding carboxylic acids is 1. The van der Waals surface area contributed by atoms with E-state index in [9.17, 15) is 9.00 Å². The first-order valence-corrected chi connectivity index (χ1v) is 9.55. The summed E-state index contributed by atoms with van der Waals surface area (Å²) in [7, 11) is -0.904. The molecule has 4 heteroatoms. The Hall–Kier alpha value is -1.94. The second kappa shape index (κ2) is 8.63. The molecule has 1 atom stereocenters. The fourth-order valence-corrected chi connectivity index (χ4v) is 3.17. The average Bonchev–Trinajstić information content (AvgIpc) is 2.56.